The van der Waals surface area contributed by atoms with Crippen molar-refractivity contribution in [1.29, 1.82) is 0 Å². The van der Waals surface area contributed by atoms with E-state index in [2.05, 4.69) is 5.32 Å². The van der Waals surface area contributed by atoms with E-state index in [4.69, 9.17) is 0 Å². The van der Waals surface area contributed by atoms with Gasteiger partial charge in [-0.15, -0.1) is 0 Å². The van der Waals surface area contributed by atoms with Gasteiger partial charge in [0.15, 0.2) is 0 Å². The van der Waals surface area contributed by atoms with Crippen molar-refractivity contribution in [1.82, 2.24) is 14.5 Å². The van der Waals surface area contributed by atoms with Gasteiger partial charge in [-0.05, 0) is 25.0 Å². The third-order valence-corrected chi connectivity index (χ3v) is 7.48. The van der Waals surface area contributed by atoms with Crippen LogP contribution in [0, 0.1) is 0 Å². The van der Waals surface area contributed by atoms with Crippen molar-refractivity contribution in [3.05, 3.63) is 29.8 Å². The number of rotatable bonds is 3. The van der Waals surface area contributed by atoms with E-state index in [1.54, 1.807) is 12.1 Å². The van der Waals surface area contributed by atoms with E-state index >= 15 is 0 Å². The van der Waals surface area contributed by atoms with Crippen molar-refractivity contribution >= 4 is 27.9 Å². The van der Waals surface area contributed by atoms with Gasteiger partial charge in [-0.3, -0.25) is 14.5 Å². The van der Waals surface area contributed by atoms with Gasteiger partial charge in [0.05, 0.1) is 12.1 Å². The molecule has 4 rings (SSSR count). The first-order valence-corrected chi connectivity index (χ1v) is 10.6. The molecule has 1 spiro atoms. The second-order valence-corrected chi connectivity index (χ2v) is 9.09. The Morgan fingerprint density at radius 3 is 2.30 bits per heavy atom. The zero-order valence-electron chi connectivity index (χ0n) is 14.8. The number of nitrogens with zero attached hydrogens (tertiary/aromatic N) is 2. The molecular weight excluding hydrogens is 370 g/mol. The maximum atomic E-state index is 12.9. The Morgan fingerprint density at radius 1 is 0.963 bits per heavy atom. The fourth-order valence-corrected chi connectivity index (χ4v) is 5.75. The van der Waals surface area contributed by atoms with Gasteiger partial charge < -0.3 is 5.32 Å². The van der Waals surface area contributed by atoms with E-state index in [9.17, 15) is 22.8 Å². The van der Waals surface area contributed by atoms with Gasteiger partial charge in [0.25, 0.3) is 21.8 Å². The number of imide groups is 1. The normalized spacial score (nSPS) is 23.5. The number of benzene rings is 1. The van der Waals surface area contributed by atoms with Crippen LogP contribution in [0.2, 0.25) is 0 Å². The van der Waals surface area contributed by atoms with Gasteiger partial charge in [0.1, 0.15) is 10.4 Å². The highest BCUT2D eigenvalue weighted by molar-refractivity contribution is 7.90. The molecule has 144 valence electrons. The number of fused-ring (bicyclic) bond motifs is 1. The summed E-state index contributed by atoms with van der Waals surface area (Å²) >= 11 is 0. The van der Waals surface area contributed by atoms with Gasteiger partial charge in [0, 0.05) is 6.54 Å². The first kappa shape index (κ1) is 18.0. The summed E-state index contributed by atoms with van der Waals surface area (Å²) in [5.41, 5.74) is -0.750. The minimum atomic E-state index is -3.95. The van der Waals surface area contributed by atoms with Crippen molar-refractivity contribution in [3.8, 4) is 0 Å². The van der Waals surface area contributed by atoms with Crippen molar-refractivity contribution in [2.75, 3.05) is 13.1 Å². The second-order valence-electron chi connectivity index (χ2n) is 7.26. The van der Waals surface area contributed by atoms with Crippen molar-refractivity contribution < 1.29 is 22.8 Å². The Bertz CT molecular complexity index is 919. The largest absolute Gasteiger partial charge is 0.325 e. The highest BCUT2D eigenvalue weighted by atomic mass is 32.2. The van der Waals surface area contributed by atoms with Gasteiger partial charge in [-0.2, -0.15) is 0 Å². The Balaban J connectivity index is 1.52. The van der Waals surface area contributed by atoms with Crippen LogP contribution in [0.15, 0.2) is 29.2 Å². The molecule has 2 fully saturated rings. The summed E-state index contributed by atoms with van der Waals surface area (Å²) in [4.78, 5) is 38.8. The van der Waals surface area contributed by atoms with Crippen LogP contribution in [0.1, 0.15) is 48.9 Å². The van der Waals surface area contributed by atoms with Gasteiger partial charge >= 0.3 is 6.03 Å². The molecule has 1 saturated heterocycles. The highest BCUT2D eigenvalue weighted by Gasteiger charge is 2.51. The molecule has 27 heavy (non-hydrogen) atoms. The monoisotopic (exact) mass is 391 g/mol. The SMILES string of the molecule is O=C1NC2(CCCCCC2)C(=O)N1CCN1C(=O)c2ccccc2S1(=O)=O. The number of hydrogen-bond donors (Lipinski definition) is 1. The van der Waals surface area contributed by atoms with Crippen molar-refractivity contribution in [2.24, 2.45) is 0 Å². The predicted molar refractivity (Wildman–Crippen MR) is 95.3 cm³/mol. The van der Waals surface area contributed by atoms with E-state index in [1.807, 2.05) is 0 Å². The molecule has 0 unspecified atom stereocenters. The molecule has 2 heterocycles. The molecule has 1 N–H and O–H groups in total. The fraction of sp³-hybridized carbons (Fsp3) is 0.500. The van der Waals surface area contributed by atoms with Crippen molar-refractivity contribution in [2.45, 2.75) is 49.0 Å². The van der Waals surface area contributed by atoms with E-state index in [0.29, 0.717) is 12.8 Å². The standard InChI is InChI=1S/C18H21N3O5S/c22-15-13-7-3-4-8-14(13)27(25,26)21(15)12-11-20-16(23)18(19-17(20)24)9-5-1-2-6-10-18/h3-4,7-8H,1-2,5-6,9-12H2,(H,19,24). The number of amides is 4. The van der Waals surface area contributed by atoms with E-state index in [-0.39, 0.29) is 29.5 Å². The van der Waals surface area contributed by atoms with Crippen LogP contribution >= 0.6 is 0 Å². The van der Waals surface area contributed by atoms with Gasteiger partial charge in [-0.1, -0.05) is 37.8 Å². The molecule has 4 amide bonds. The molecular formula is C18H21N3O5S. The molecule has 1 aromatic rings. The quantitative estimate of drug-likeness (QED) is 0.786. The summed E-state index contributed by atoms with van der Waals surface area (Å²) in [5.74, 6) is -0.933. The maximum absolute atomic E-state index is 12.9. The van der Waals surface area contributed by atoms with E-state index < -0.39 is 27.5 Å². The molecule has 1 aliphatic carbocycles. The van der Waals surface area contributed by atoms with Crippen LogP contribution in [0.25, 0.3) is 0 Å². The number of hydrogen-bond acceptors (Lipinski definition) is 5. The minimum absolute atomic E-state index is 0.0348. The lowest BCUT2D eigenvalue weighted by molar-refractivity contribution is -0.131. The fourth-order valence-electron chi connectivity index (χ4n) is 4.19. The zero-order chi connectivity index (χ0) is 19.2. The summed E-state index contributed by atoms with van der Waals surface area (Å²) < 4.78 is 26.0. The number of carbonyl (C=O) groups is 3. The zero-order valence-corrected chi connectivity index (χ0v) is 15.6. The van der Waals surface area contributed by atoms with Crippen LogP contribution in [-0.4, -0.2) is 54.1 Å². The smallest absolute Gasteiger partial charge is 0.323 e. The summed E-state index contributed by atoms with van der Waals surface area (Å²) in [5, 5.41) is 2.82. The van der Waals surface area contributed by atoms with Crippen LogP contribution in [0.4, 0.5) is 4.79 Å². The number of nitrogens with one attached hydrogen (secondary N) is 1. The van der Waals surface area contributed by atoms with Crippen LogP contribution in [0.3, 0.4) is 0 Å². The molecule has 0 aromatic heterocycles. The molecule has 0 atom stereocenters. The molecule has 0 radical (unpaired) electrons. The van der Waals surface area contributed by atoms with Crippen LogP contribution < -0.4 is 5.32 Å². The highest BCUT2D eigenvalue weighted by Crippen LogP contribution is 2.33. The van der Waals surface area contributed by atoms with Gasteiger partial charge in [-0.25, -0.2) is 17.5 Å². The van der Waals surface area contributed by atoms with Gasteiger partial charge in [0.2, 0.25) is 0 Å². The lowest BCUT2D eigenvalue weighted by atomic mass is 9.90. The lowest BCUT2D eigenvalue weighted by Gasteiger charge is -2.25. The third kappa shape index (κ3) is 2.72. The summed E-state index contributed by atoms with van der Waals surface area (Å²) in [6, 6.07) is 5.49. The number of carbonyl (C=O) groups excluding carboxylic acids is 3. The topological polar surface area (TPSA) is 104 Å². The first-order chi connectivity index (χ1) is 12.9. The predicted octanol–water partition coefficient (Wildman–Crippen LogP) is 1.48. The summed E-state index contributed by atoms with van der Waals surface area (Å²) in [7, 11) is -3.95. The average molecular weight is 391 g/mol. The first-order valence-electron chi connectivity index (χ1n) is 9.17. The molecule has 2 aliphatic heterocycles. The molecule has 1 aromatic carbocycles. The average Bonchev–Trinajstić information content (AvgIpc) is 2.88. The minimum Gasteiger partial charge on any atom is -0.323 e. The van der Waals surface area contributed by atoms with Crippen LogP contribution in [-0.2, 0) is 14.8 Å². The molecule has 3 aliphatic rings. The second kappa shape index (κ2) is 6.33. The molecule has 0 bridgehead atoms. The number of urea groups is 1. The Morgan fingerprint density at radius 2 is 1.63 bits per heavy atom. The van der Waals surface area contributed by atoms with E-state index in [1.165, 1.54) is 12.1 Å². The molecule has 1 saturated carbocycles. The van der Waals surface area contributed by atoms with Crippen LogP contribution in [0.5, 0.6) is 0 Å². The Labute approximate surface area is 157 Å². The number of sulfonamides is 1. The maximum Gasteiger partial charge on any atom is 0.325 e. The summed E-state index contributed by atoms with van der Waals surface area (Å²) in [6.07, 6.45) is 5.00. The van der Waals surface area contributed by atoms with E-state index in [0.717, 1.165) is 34.9 Å². The third-order valence-electron chi connectivity index (χ3n) is 5.64. The Hall–Kier alpha value is -2.42. The van der Waals surface area contributed by atoms with Crippen molar-refractivity contribution in [3.63, 3.8) is 0 Å². The lowest BCUT2D eigenvalue weighted by Crippen LogP contribution is -2.47. The summed E-state index contributed by atoms with van der Waals surface area (Å²) in [6.45, 7) is -0.392. The molecule has 8 nitrogen and oxygen atoms in total. The Kier molecular flexibility index (Phi) is 4.21. The molecule has 9 heteroatoms.